The number of rotatable bonds is 5. The molecular formula is C20H25N4O2+. The van der Waals surface area contributed by atoms with E-state index in [0.29, 0.717) is 13.1 Å². The van der Waals surface area contributed by atoms with Crippen molar-refractivity contribution in [3.63, 3.8) is 0 Å². The second-order valence-electron chi connectivity index (χ2n) is 6.53. The van der Waals surface area contributed by atoms with Crippen LogP contribution in [-0.4, -0.2) is 42.9 Å². The van der Waals surface area contributed by atoms with Crippen molar-refractivity contribution < 1.29 is 14.6 Å². The molecular weight excluding hydrogens is 328 g/mol. The second-order valence-corrected chi connectivity index (χ2v) is 6.53. The third-order valence-electron chi connectivity index (χ3n) is 4.57. The highest BCUT2D eigenvalue weighted by Gasteiger charge is 2.26. The standard InChI is InChI=1S/C20H24N4O2/c1-16-5-7-17(8-6-16)22-19(25)9-10-20(26)24-14-12-23(13-15-24)18-4-2-3-11-21-18/h2-8,11H,9-10,12-15H2,1H3,(H,22,25)/p+1. The number of hydrogen-bond donors (Lipinski definition) is 1. The van der Waals surface area contributed by atoms with E-state index in [4.69, 9.17) is 0 Å². The van der Waals surface area contributed by atoms with E-state index in [-0.39, 0.29) is 24.7 Å². The maximum absolute atomic E-state index is 12.4. The highest BCUT2D eigenvalue weighted by Crippen LogP contribution is 2.12. The third-order valence-corrected chi connectivity index (χ3v) is 4.57. The molecule has 1 fully saturated rings. The Balaban J connectivity index is 1.41. The van der Waals surface area contributed by atoms with Gasteiger partial charge in [0.15, 0.2) is 0 Å². The van der Waals surface area contributed by atoms with E-state index in [1.807, 2.05) is 60.5 Å². The number of hydrogen-bond acceptors (Lipinski definition) is 3. The minimum atomic E-state index is -0.125. The van der Waals surface area contributed by atoms with Crippen LogP contribution in [0.4, 0.5) is 11.5 Å². The summed E-state index contributed by atoms with van der Waals surface area (Å²) in [5.74, 6) is 0.984. The van der Waals surface area contributed by atoms with Gasteiger partial charge in [-0.05, 0) is 25.1 Å². The van der Waals surface area contributed by atoms with Crippen molar-refractivity contribution in [1.29, 1.82) is 0 Å². The molecule has 0 atom stereocenters. The number of pyridine rings is 1. The van der Waals surface area contributed by atoms with Crippen molar-refractivity contribution in [3.05, 3.63) is 54.2 Å². The molecule has 6 heteroatoms. The van der Waals surface area contributed by atoms with Gasteiger partial charge in [0.1, 0.15) is 13.1 Å². The Morgan fingerprint density at radius 2 is 1.73 bits per heavy atom. The number of amides is 2. The zero-order valence-electron chi connectivity index (χ0n) is 15.1. The molecule has 0 unspecified atom stereocenters. The Morgan fingerprint density at radius 1 is 1.00 bits per heavy atom. The lowest BCUT2D eigenvalue weighted by atomic mass is 10.2. The Bertz CT molecular complexity index is 738. The minimum Gasteiger partial charge on any atom is -0.335 e. The van der Waals surface area contributed by atoms with Crippen LogP contribution in [0, 0.1) is 6.92 Å². The first-order valence-corrected chi connectivity index (χ1v) is 8.98. The molecule has 0 radical (unpaired) electrons. The normalized spacial score (nSPS) is 14.2. The van der Waals surface area contributed by atoms with E-state index in [1.165, 1.54) is 0 Å². The molecule has 0 aliphatic carbocycles. The van der Waals surface area contributed by atoms with Gasteiger partial charge in [-0.2, -0.15) is 0 Å². The lowest BCUT2D eigenvalue weighted by Crippen LogP contribution is -2.50. The van der Waals surface area contributed by atoms with Crippen LogP contribution in [0.1, 0.15) is 18.4 Å². The lowest BCUT2D eigenvalue weighted by molar-refractivity contribution is -0.364. The number of carbonyl (C=O) groups excluding carboxylic acids is 2. The molecule has 0 saturated carbocycles. The Kier molecular flexibility index (Phi) is 5.84. The van der Waals surface area contributed by atoms with E-state index in [2.05, 4.69) is 15.2 Å². The molecule has 2 amide bonds. The number of H-pyrrole nitrogens is 1. The van der Waals surface area contributed by atoms with Crippen LogP contribution in [0.5, 0.6) is 0 Å². The molecule has 0 spiro atoms. The van der Waals surface area contributed by atoms with E-state index in [0.717, 1.165) is 30.2 Å². The lowest BCUT2D eigenvalue weighted by Gasteiger charge is -2.31. The van der Waals surface area contributed by atoms with Gasteiger partial charge in [-0.15, -0.1) is 0 Å². The molecule has 2 N–H and O–H groups in total. The molecule has 136 valence electrons. The van der Waals surface area contributed by atoms with Crippen LogP contribution in [0.15, 0.2) is 48.7 Å². The van der Waals surface area contributed by atoms with Gasteiger partial charge < -0.3 is 10.2 Å². The highest BCUT2D eigenvalue weighted by molar-refractivity contribution is 5.93. The fraction of sp³-hybridized carbons (Fsp3) is 0.350. The summed E-state index contributed by atoms with van der Waals surface area (Å²) in [6, 6.07) is 13.6. The average Bonchev–Trinajstić information content (AvgIpc) is 2.69. The van der Waals surface area contributed by atoms with Crippen LogP contribution in [0.3, 0.4) is 0 Å². The van der Waals surface area contributed by atoms with E-state index in [1.54, 1.807) is 0 Å². The summed E-state index contributed by atoms with van der Waals surface area (Å²) in [5.41, 5.74) is 1.91. The number of nitrogens with one attached hydrogen (secondary N) is 2. The summed E-state index contributed by atoms with van der Waals surface area (Å²) in [6.45, 7) is 4.95. The number of piperazine rings is 1. The van der Waals surface area contributed by atoms with Crippen molar-refractivity contribution in [1.82, 2.24) is 4.90 Å². The number of aromatic nitrogens is 1. The number of nitrogens with zero attached hydrogens (tertiary/aromatic N) is 2. The maximum Gasteiger partial charge on any atom is 0.274 e. The predicted molar refractivity (Wildman–Crippen MR) is 101 cm³/mol. The summed E-state index contributed by atoms with van der Waals surface area (Å²) in [4.78, 5) is 31.7. The first kappa shape index (κ1) is 17.9. The highest BCUT2D eigenvalue weighted by atomic mass is 16.2. The topological polar surface area (TPSA) is 66.8 Å². The third kappa shape index (κ3) is 4.81. The van der Waals surface area contributed by atoms with Crippen LogP contribution in [-0.2, 0) is 9.59 Å². The van der Waals surface area contributed by atoms with Crippen molar-refractivity contribution in [2.24, 2.45) is 0 Å². The van der Waals surface area contributed by atoms with E-state index < -0.39 is 0 Å². The maximum atomic E-state index is 12.4. The average molecular weight is 353 g/mol. The van der Waals surface area contributed by atoms with Crippen LogP contribution in [0.2, 0.25) is 0 Å². The summed E-state index contributed by atoms with van der Waals surface area (Å²) >= 11 is 0. The number of anilines is 2. The van der Waals surface area contributed by atoms with Gasteiger partial charge >= 0.3 is 0 Å². The van der Waals surface area contributed by atoms with Crippen LogP contribution >= 0.6 is 0 Å². The molecule has 1 aromatic heterocycles. The summed E-state index contributed by atoms with van der Waals surface area (Å²) in [5, 5.41) is 2.83. The Labute approximate surface area is 153 Å². The van der Waals surface area contributed by atoms with Crippen molar-refractivity contribution in [2.45, 2.75) is 19.8 Å². The molecule has 2 aromatic rings. The fourth-order valence-electron chi connectivity index (χ4n) is 3.02. The number of aromatic amines is 1. The van der Waals surface area contributed by atoms with E-state index >= 15 is 0 Å². The molecule has 1 aliphatic rings. The quantitative estimate of drug-likeness (QED) is 0.892. The minimum absolute atomic E-state index is 0.0424. The van der Waals surface area contributed by atoms with Gasteiger partial charge in [-0.1, -0.05) is 23.8 Å². The molecule has 1 aliphatic heterocycles. The summed E-state index contributed by atoms with van der Waals surface area (Å²) < 4.78 is 0. The summed E-state index contributed by atoms with van der Waals surface area (Å²) in [7, 11) is 0. The molecule has 1 saturated heterocycles. The predicted octanol–water partition coefficient (Wildman–Crippen LogP) is 1.88. The molecule has 0 bridgehead atoms. The van der Waals surface area contributed by atoms with Crippen LogP contribution < -0.4 is 15.2 Å². The largest absolute Gasteiger partial charge is 0.335 e. The van der Waals surface area contributed by atoms with E-state index in [9.17, 15) is 9.59 Å². The zero-order chi connectivity index (χ0) is 18.4. The van der Waals surface area contributed by atoms with Crippen molar-refractivity contribution >= 4 is 23.3 Å². The number of benzene rings is 1. The smallest absolute Gasteiger partial charge is 0.274 e. The SMILES string of the molecule is Cc1ccc(NC(=O)CCC(=O)N2CCN(c3cccc[nH+]3)CC2)cc1. The van der Waals surface area contributed by atoms with Gasteiger partial charge in [0.2, 0.25) is 11.8 Å². The number of carbonyl (C=O) groups is 2. The van der Waals surface area contributed by atoms with Gasteiger partial charge in [0.05, 0.1) is 19.3 Å². The molecule has 6 nitrogen and oxygen atoms in total. The summed E-state index contributed by atoms with van der Waals surface area (Å²) in [6.07, 6.45) is 2.36. The monoisotopic (exact) mass is 353 g/mol. The Morgan fingerprint density at radius 3 is 2.38 bits per heavy atom. The molecule has 3 rings (SSSR count). The molecule has 1 aromatic carbocycles. The van der Waals surface area contributed by atoms with Gasteiger partial charge in [0.25, 0.3) is 5.82 Å². The molecule has 2 heterocycles. The Hall–Kier alpha value is -2.89. The van der Waals surface area contributed by atoms with Crippen LogP contribution in [0.25, 0.3) is 0 Å². The first-order chi connectivity index (χ1) is 12.6. The fourth-order valence-corrected chi connectivity index (χ4v) is 3.02. The van der Waals surface area contributed by atoms with Gasteiger partial charge in [-0.25, -0.2) is 4.98 Å². The number of aryl methyl sites for hydroxylation is 1. The molecule has 26 heavy (non-hydrogen) atoms. The van der Waals surface area contributed by atoms with Crippen molar-refractivity contribution in [2.75, 3.05) is 36.4 Å². The second kappa shape index (κ2) is 8.47. The van der Waals surface area contributed by atoms with Gasteiger partial charge in [0, 0.05) is 24.6 Å². The van der Waals surface area contributed by atoms with Crippen molar-refractivity contribution in [3.8, 4) is 0 Å². The first-order valence-electron chi connectivity index (χ1n) is 8.98. The van der Waals surface area contributed by atoms with Gasteiger partial charge in [-0.3, -0.25) is 14.5 Å². The zero-order valence-corrected chi connectivity index (χ0v) is 15.1.